The van der Waals surface area contributed by atoms with Crippen molar-refractivity contribution in [3.63, 3.8) is 0 Å². The Hall–Kier alpha value is -2.60. The van der Waals surface area contributed by atoms with Gasteiger partial charge in [0.1, 0.15) is 0 Å². The summed E-state index contributed by atoms with van der Waals surface area (Å²) in [4.78, 5) is 32.1. The fourth-order valence-corrected chi connectivity index (χ4v) is 4.26. The van der Waals surface area contributed by atoms with Gasteiger partial charge in [0, 0.05) is 43.2 Å². The van der Waals surface area contributed by atoms with E-state index in [1.54, 1.807) is 0 Å². The lowest BCUT2D eigenvalue weighted by Gasteiger charge is -2.40. The molecule has 2 aliphatic rings. The number of amides is 3. The predicted octanol–water partition coefficient (Wildman–Crippen LogP) is 3.74. The smallest absolute Gasteiger partial charge is 0.326 e. The number of H-pyrrole nitrogens is 1. The van der Waals surface area contributed by atoms with Crippen molar-refractivity contribution in [2.24, 2.45) is 5.41 Å². The van der Waals surface area contributed by atoms with Gasteiger partial charge in [0.05, 0.1) is 13.2 Å². The van der Waals surface area contributed by atoms with Crippen LogP contribution in [0.3, 0.4) is 0 Å². The number of aromatic amines is 1. The molecule has 1 N–H and O–H groups in total. The number of rotatable bonds is 6. The molecule has 0 unspecified atom stereocenters. The van der Waals surface area contributed by atoms with E-state index in [0.717, 1.165) is 18.4 Å². The molecular weight excluding hydrogens is 366 g/mol. The highest BCUT2D eigenvalue weighted by atomic mass is 16.5. The minimum Gasteiger partial charge on any atom is -0.377 e. The molecule has 3 heterocycles. The predicted molar refractivity (Wildman–Crippen MR) is 113 cm³/mol. The molecule has 0 bridgehead atoms. The van der Waals surface area contributed by atoms with E-state index in [1.807, 2.05) is 11.1 Å². The summed E-state index contributed by atoms with van der Waals surface area (Å²) in [5.74, 6) is -0.0688. The van der Waals surface area contributed by atoms with Crippen molar-refractivity contribution >= 4 is 22.8 Å². The van der Waals surface area contributed by atoms with Crippen molar-refractivity contribution in [1.29, 1.82) is 0 Å². The van der Waals surface area contributed by atoms with Crippen LogP contribution in [-0.2, 0) is 16.0 Å². The molecule has 0 atom stereocenters. The molecule has 1 aromatic heterocycles. The highest BCUT2D eigenvalue weighted by molar-refractivity contribution is 5.97. The van der Waals surface area contributed by atoms with E-state index < -0.39 is 0 Å². The number of imide groups is 1. The Morgan fingerprint density at radius 1 is 1.17 bits per heavy atom. The molecule has 1 aromatic carbocycles. The molecule has 2 aliphatic heterocycles. The second kappa shape index (κ2) is 8.03. The molecule has 29 heavy (non-hydrogen) atoms. The molecule has 0 aliphatic carbocycles. The summed E-state index contributed by atoms with van der Waals surface area (Å²) in [5.41, 5.74) is 3.34. The number of aromatic nitrogens is 1. The molecule has 0 spiro atoms. The van der Waals surface area contributed by atoms with Crippen LogP contribution in [-0.4, -0.2) is 59.6 Å². The highest BCUT2D eigenvalue weighted by Gasteiger charge is 2.37. The van der Waals surface area contributed by atoms with Crippen LogP contribution in [0, 0.1) is 5.41 Å². The van der Waals surface area contributed by atoms with Gasteiger partial charge >= 0.3 is 6.03 Å². The van der Waals surface area contributed by atoms with E-state index in [4.69, 9.17) is 4.74 Å². The fourth-order valence-electron chi connectivity index (χ4n) is 4.26. The van der Waals surface area contributed by atoms with Crippen LogP contribution in [0.5, 0.6) is 0 Å². The van der Waals surface area contributed by atoms with Crippen LogP contribution < -0.4 is 0 Å². The number of benzene rings is 1. The Labute approximate surface area is 171 Å². The topological polar surface area (TPSA) is 65.6 Å². The Morgan fingerprint density at radius 2 is 2.03 bits per heavy atom. The number of carbonyl (C=O) groups excluding carboxylic acids is 2. The van der Waals surface area contributed by atoms with Crippen molar-refractivity contribution in [1.82, 2.24) is 14.8 Å². The van der Waals surface area contributed by atoms with Crippen LogP contribution in [0.2, 0.25) is 0 Å². The zero-order valence-corrected chi connectivity index (χ0v) is 17.2. The summed E-state index contributed by atoms with van der Waals surface area (Å²) in [6.45, 7) is 7.06. The van der Waals surface area contributed by atoms with E-state index >= 15 is 0 Å². The average Bonchev–Trinajstić information content (AvgIpc) is 3.19. The highest BCUT2D eigenvalue weighted by Crippen LogP contribution is 2.32. The van der Waals surface area contributed by atoms with Gasteiger partial charge in [-0.15, -0.1) is 0 Å². The van der Waals surface area contributed by atoms with Gasteiger partial charge in [0.25, 0.3) is 0 Å². The lowest BCUT2D eigenvalue weighted by Crippen LogP contribution is -2.55. The first-order valence-corrected chi connectivity index (χ1v) is 10.4. The van der Waals surface area contributed by atoms with Gasteiger partial charge in [-0.3, -0.25) is 9.69 Å². The summed E-state index contributed by atoms with van der Waals surface area (Å²) in [6, 6.07) is 8.21. The van der Waals surface area contributed by atoms with Crippen LogP contribution in [0.15, 0.2) is 42.1 Å². The Balaban J connectivity index is 1.42. The molecule has 0 radical (unpaired) electrons. The Kier molecular flexibility index (Phi) is 5.46. The van der Waals surface area contributed by atoms with Crippen molar-refractivity contribution in [3.8, 4) is 0 Å². The maximum atomic E-state index is 13.1. The quantitative estimate of drug-likeness (QED) is 0.758. The van der Waals surface area contributed by atoms with E-state index in [0.29, 0.717) is 39.3 Å². The van der Waals surface area contributed by atoms with Crippen LogP contribution in [0.25, 0.3) is 10.9 Å². The third-order valence-electron chi connectivity index (χ3n) is 6.07. The summed E-state index contributed by atoms with van der Waals surface area (Å²) >= 11 is 0. The number of carbonyl (C=O) groups is 2. The number of hydrogen-bond donors (Lipinski definition) is 1. The van der Waals surface area contributed by atoms with Gasteiger partial charge in [-0.1, -0.05) is 31.6 Å². The van der Waals surface area contributed by atoms with Gasteiger partial charge in [-0.05, 0) is 42.0 Å². The van der Waals surface area contributed by atoms with Crippen molar-refractivity contribution in [2.75, 3.05) is 32.8 Å². The molecular formula is C23H29N3O3. The second-order valence-corrected chi connectivity index (χ2v) is 8.59. The van der Waals surface area contributed by atoms with Gasteiger partial charge in [0.2, 0.25) is 5.91 Å². The normalized spacial score (nSPS) is 18.5. The second-order valence-electron chi connectivity index (χ2n) is 8.59. The van der Waals surface area contributed by atoms with Crippen molar-refractivity contribution in [2.45, 2.75) is 33.1 Å². The number of urea groups is 1. The third-order valence-corrected chi connectivity index (χ3v) is 6.07. The van der Waals surface area contributed by atoms with E-state index in [1.165, 1.54) is 21.4 Å². The first-order chi connectivity index (χ1) is 13.9. The van der Waals surface area contributed by atoms with E-state index in [2.05, 4.69) is 49.2 Å². The zero-order valence-electron chi connectivity index (χ0n) is 17.2. The lowest BCUT2D eigenvalue weighted by molar-refractivity contribution is -0.132. The number of ether oxygens (including phenoxy) is 1. The van der Waals surface area contributed by atoms with Crippen molar-refractivity contribution < 1.29 is 14.3 Å². The summed E-state index contributed by atoms with van der Waals surface area (Å²) in [5, 5.41) is 1.18. The van der Waals surface area contributed by atoms with Crippen LogP contribution >= 0.6 is 0 Å². The minimum atomic E-state index is -0.239. The summed E-state index contributed by atoms with van der Waals surface area (Å²) in [7, 11) is 0. The van der Waals surface area contributed by atoms with Gasteiger partial charge in [0.15, 0.2) is 0 Å². The molecule has 2 aromatic rings. The molecule has 6 heteroatoms. The summed E-state index contributed by atoms with van der Waals surface area (Å²) in [6.07, 6.45) is 6.05. The van der Waals surface area contributed by atoms with Gasteiger partial charge in [-0.25, -0.2) is 4.79 Å². The molecule has 154 valence electrons. The molecule has 6 nitrogen and oxygen atoms in total. The molecule has 1 saturated heterocycles. The van der Waals surface area contributed by atoms with E-state index in [-0.39, 0.29) is 17.4 Å². The standard InChI is InChI=1S/C23H29N3O3/c1-23(2,19-8-13-29-14-9-19)16-26-21(27)7-12-25(22(26)28)11-6-17-3-4-20-18(15-17)5-10-24-20/h3-5,8,10,15,24H,6-7,9,11-14,16H2,1-2H3. The lowest BCUT2D eigenvalue weighted by atomic mass is 9.81. The number of nitrogens with one attached hydrogen (secondary N) is 1. The Bertz CT molecular complexity index is 944. The molecule has 3 amide bonds. The number of hydrogen-bond acceptors (Lipinski definition) is 3. The first-order valence-electron chi connectivity index (χ1n) is 10.4. The van der Waals surface area contributed by atoms with Crippen LogP contribution in [0.4, 0.5) is 4.79 Å². The van der Waals surface area contributed by atoms with Crippen LogP contribution in [0.1, 0.15) is 32.3 Å². The number of nitrogens with zero attached hydrogens (tertiary/aromatic N) is 2. The molecule has 1 fully saturated rings. The van der Waals surface area contributed by atoms with Gasteiger partial charge in [-0.2, -0.15) is 0 Å². The van der Waals surface area contributed by atoms with Gasteiger partial charge < -0.3 is 14.6 Å². The largest absolute Gasteiger partial charge is 0.377 e. The zero-order chi connectivity index (χ0) is 20.4. The minimum absolute atomic E-state index is 0.0688. The summed E-state index contributed by atoms with van der Waals surface area (Å²) < 4.78 is 5.41. The number of fused-ring (bicyclic) bond motifs is 1. The first kappa shape index (κ1) is 19.7. The molecule has 4 rings (SSSR count). The third kappa shape index (κ3) is 4.22. The van der Waals surface area contributed by atoms with E-state index in [9.17, 15) is 9.59 Å². The maximum Gasteiger partial charge on any atom is 0.326 e. The fraction of sp³-hybridized carbons (Fsp3) is 0.478. The SMILES string of the molecule is CC(C)(CN1C(=O)CCN(CCc2ccc3[nH]ccc3c2)C1=O)C1=CCOCC1. The maximum absolute atomic E-state index is 13.1. The Morgan fingerprint density at radius 3 is 2.83 bits per heavy atom. The monoisotopic (exact) mass is 395 g/mol. The van der Waals surface area contributed by atoms with Crippen molar-refractivity contribution in [3.05, 3.63) is 47.7 Å². The average molecular weight is 396 g/mol. The molecule has 0 saturated carbocycles.